The number of piperazine rings is 1. The third kappa shape index (κ3) is 3.40. The highest BCUT2D eigenvalue weighted by molar-refractivity contribution is 5.46. The van der Waals surface area contributed by atoms with Crippen LogP contribution in [0.2, 0.25) is 0 Å². The fraction of sp³-hybridized carbons (Fsp3) is 0.538. The van der Waals surface area contributed by atoms with E-state index in [4.69, 9.17) is 0 Å². The van der Waals surface area contributed by atoms with Gasteiger partial charge >= 0.3 is 0 Å². The topological polar surface area (TPSA) is 18.5 Å². The van der Waals surface area contributed by atoms with E-state index in [0.29, 0.717) is 5.69 Å². The Morgan fingerprint density at radius 1 is 1.28 bits per heavy atom. The Kier molecular flexibility index (Phi) is 4.49. The van der Waals surface area contributed by atoms with E-state index < -0.39 is 11.6 Å². The summed E-state index contributed by atoms with van der Waals surface area (Å²) in [5.74, 6) is -1.04. The second-order valence-electron chi connectivity index (χ2n) is 4.61. The average molecular weight is 255 g/mol. The zero-order valence-electron chi connectivity index (χ0n) is 10.6. The minimum Gasteiger partial charge on any atom is -0.371 e. The van der Waals surface area contributed by atoms with E-state index in [0.717, 1.165) is 45.3 Å². The van der Waals surface area contributed by atoms with E-state index in [1.807, 2.05) is 11.9 Å². The number of likely N-dealkylation sites (N-methyl/N-ethyl adjacent to an activating group) is 1. The molecule has 100 valence electrons. The van der Waals surface area contributed by atoms with Gasteiger partial charge in [0, 0.05) is 52.4 Å². The number of hydrogen-bond donors (Lipinski definition) is 1. The van der Waals surface area contributed by atoms with Crippen molar-refractivity contribution in [1.82, 2.24) is 10.2 Å². The van der Waals surface area contributed by atoms with Gasteiger partial charge in [0.1, 0.15) is 11.6 Å². The van der Waals surface area contributed by atoms with Gasteiger partial charge in [0.15, 0.2) is 0 Å². The van der Waals surface area contributed by atoms with Crippen LogP contribution < -0.4 is 10.2 Å². The van der Waals surface area contributed by atoms with Crippen molar-refractivity contribution in [3.63, 3.8) is 0 Å². The van der Waals surface area contributed by atoms with E-state index >= 15 is 0 Å². The minimum atomic E-state index is -0.535. The molecular formula is C13H19F2N3. The second-order valence-corrected chi connectivity index (χ2v) is 4.61. The van der Waals surface area contributed by atoms with Gasteiger partial charge in [-0.2, -0.15) is 0 Å². The Morgan fingerprint density at radius 3 is 2.67 bits per heavy atom. The maximum atomic E-state index is 13.6. The first-order valence-electron chi connectivity index (χ1n) is 6.26. The van der Waals surface area contributed by atoms with Gasteiger partial charge in [0.25, 0.3) is 0 Å². The molecule has 1 fully saturated rings. The molecule has 0 spiro atoms. The largest absolute Gasteiger partial charge is 0.371 e. The van der Waals surface area contributed by atoms with Crippen LogP contribution >= 0.6 is 0 Å². The molecule has 0 saturated carbocycles. The molecular weight excluding hydrogens is 236 g/mol. The normalized spacial score (nSPS) is 16.8. The Morgan fingerprint density at radius 2 is 2.00 bits per heavy atom. The number of anilines is 1. The lowest BCUT2D eigenvalue weighted by Crippen LogP contribution is -2.46. The summed E-state index contributed by atoms with van der Waals surface area (Å²) in [7, 11) is 1.83. The van der Waals surface area contributed by atoms with Crippen molar-refractivity contribution in [2.24, 2.45) is 0 Å². The summed E-state index contributed by atoms with van der Waals surface area (Å²) in [6, 6.07) is 3.71. The first kappa shape index (κ1) is 13.2. The molecule has 3 nitrogen and oxygen atoms in total. The van der Waals surface area contributed by atoms with Gasteiger partial charge in [-0.25, -0.2) is 8.78 Å². The number of hydrogen-bond acceptors (Lipinski definition) is 3. The standard InChI is InChI=1S/C13H19F2N3/c1-17(8-9-18-6-4-16-5-7-18)13-3-2-11(14)10-12(13)15/h2-3,10,16H,4-9H2,1H3. The molecule has 0 radical (unpaired) electrons. The highest BCUT2D eigenvalue weighted by atomic mass is 19.1. The van der Waals surface area contributed by atoms with Crippen molar-refractivity contribution in [3.05, 3.63) is 29.8 Å². The van der Waals surface area contributed by atoms with Gasteiger partial charge in [-0.15, -0.1) is 0 Å². The average Bonchev–Trinajstić information content (AvgIpc) is 2.37. The van der Waals surface area contributed by atoms with Gasteiger partial charge in [-0.05, 0) is 12.1 Å². The number of benzene rings is 1. The summed E-state index contributed by atoms with van der Waals surface area (Å²) in [5.41, 5.74) is 0.450. The molecule has 1 saturated heterocycles. The third-order valence-corrected chi connectivity index (χ3v) is 3.28. The SMILES string of the molecule is CN(CCN1CCNCC1)c1ccc(F)cc1F. The van der Waals surface area contributed by atoms with Crippen molar-refractivity contribution >= 4 is 5.69 Å². The van der Waals surface area contributed by atoms with Crippen LogP contribution in [0.15, 0.2) is 18.2 Å². The first-order chi connectivity index (χ1) is 8.66. The maximum Gasteiger partial charge on any atom is 0.149 e. The Hall–Kier alpha value is -1.20. The summed E-state index contributed by atoms with van der Waals surface area (Å²) in [4.78, 5) is 4.17. The number of rotatable bonds is 4. The number of halogens is 2. The molecule has 5 heteroatoms. The Labute approximate surface area is 106 Å². The van der Waals surface area contributed by atoms with Crippen molar-refractivity contribution in [3.8, 4) is 0 Å². The summed E-state index contributed by atoms with van der Waals surface area (Å²) in [6.07, 6.45) is 0. The highest BCUT2D eigenvalue weighted by Crippen LogP contribution is 2.18. The lowest BCUT2D eigenvalue weighted by molar-refractivity contribution is 0.246. The second kappa shape index (κ2) is 6.11. The van der Waals surface area contributed by atoms with E-state index in [-0.39, 0.29) is 0 Å². The fourth-order valence-electron chi connectivity index (χ4n) is 2.14. The van der Waals surface area contributed by atoms with Gasteiger partial charge in [-0.1, -0.05) is 0 Å². The summed E-state index contributed by atoms with van der Waals surface area (Å²) in [6.45, 7) is 5.71. The molecule has 1 aromatic carbocycles. The van der Waals surface area contributed by atoms with Crippen LogP contribution in [-0.2, 0) is 0 Å². The fourth-order valence-corrected chi connectivity index (χ4v) is 2.14. The summed E-state index contributed by atoms with van der Waals surface area (Å²) in [5, 5.41) is 3.29. The molecule has 0 aliphatic carbocycles. The van der Waals surface area contributed by atoms with E-state index in [9.17, 15) is 8.78 Å². The molecule has 2 rings (SSSR count). The molecule has 1 aliphatic heterocycles. The van der Waals surface area contributed by atoms with Crippen molar-refractivity contribution in [1.29, 1.82) is 0 Å². The van der Waals surface area contributed by atoms with Crippen LogP contribution in [0.1, 0.15) is 0 Å². The number of nitrogens with one attached hydrogen (secondary N) is 1. The molecule has 0 amide bonds. The van der Waals surface area contributed by atoms with Gasteiger partial charge in [0.05, 0.1) is 5.69 Å². The van der Waals surface area contributed by atoms with Gasteiger partial charge in [-0.3, -0.25) is 4.90 Å². The van der Waals surface area contributed by atoms with Crippen LogP contribution in [0, 0.1) is 11.6 Å². The molecule has 1 N–H and O–H groups in total. The first-order valence-corrected chi connectivity index (χ1v) is 6.26. The smallest absolute Gasteiger partial charge is 0.149 e. The maximum absolute atomic E-state index is 13.6. The van der Waals surface area contributed by atoms with E-state index in [1.54, 1.807) is 0 Å². The van der Waals surface area contributed by atoms with Crippen LogP contribution in [0.25, 0.3) is 0 Å². The molecule has 1 heterocycles. The van der Waals surface area contributed by atoms with E-state index in [1.165, 1.54) is 12.1 Å². The Bertz CT molecular complexity index is 392. The highest BCUT2D eigenvalue weighted by Gasteiger charge is 2.12. The van der Waals surface area contributed by atoms with Crippen molar-refractivity contribution < 1.29 is 8.78 Å². The lowest BCUT2D eigenvalue weighted by atomic mass is 10.2. The van der Waals surface area contributed by atoms with Gasteiger partial charge in [0.2, 0.25) is 0 Å². The van der Waals surface area contributed by atoms with Crippen LogP contribution in [0.5, 0.6) is 0 Å². The third-order valence-electron chi connectivity index (χ3n) is 3.28. The van der Waals surface area contributed by atoms with Crippen LogP contribution in [0.4, 0.5) is 14.5 Å². The Balaban J connectivity index is 1.88. The molecule has 18 heavy (non-hydrogen) atoms. The predicted octanol–water partition coefficient (Wildman–Crippen LogP) is 1.31. The van der Waals surface area contributed by atoms with Crippen molar-refractivity contribution in [2.45, 2.75) is 0 Å². The molecule has 0 atom stereocenters. The van der Waals surface area contributed by atoms with Crippen LogP contribution in [-0.4, -0.2) is 51.2 Å². The summed E-state index contributed by atoms with van der Waals surface area (Å²) < 4.78 is 26.4. The predicted molar refractivity (Wildman–Crippen MR) is 68.9 cm³/mol. The minimum absolute atomic E-state index is 0.450. The number of nitrogens with zero attached hydrogens (tertiary/aromatic N) is 2. The zero-order chi connectivity index (χ0) is 13.0. The monoisotopic (exact) mass is 255 g/mol. The quantitative estimate of drug-likeness (QED) is 0.875. The summed E-state index contributed by atoms with van der Waals surface area (Å²) >= 11 is 0. The molecule has 0 unspecified atom stereocenters. The molecule has 0 aromatic heterocycles. The van der Waals surface area contributed by atoms with Gasteiger partial charge < -0.3 is 10.2 Å². The molecule has 1 aliphatic rings. The lowest BCUT2D eigenvalue weighted by Gasteiger charge is -2.29. The molecule has 0 bridgehead atoms. The van der Waals surface area contributed by atoms with E-state index in [2.05, 4.69) is 10.2 Å². The van der Waals surface area contributed by atoms with Crippen LogP contribution in [0.3, 0.4) is 0 Å². The zero-order valence-corrected chi connectivity index (χ0v) is 10.6. The van der Waals surface area contributed by atoms with Crippen molar-refractivity contribution in [2.75, 3.05) is 51.2 Å². The molecule has 1 aromatic rings.